The van der Waals surface area contributed by atoms with Gasteiger partial charge in [-0.15, -0.1) is 0 Å². The van der Waals surface area contributed by atoms with Crippen molar-refractivity contribution in [1.82, 2.24) is 14.9 Å². The first-order chi connectivity index (χ1) is 7.24. The number of rotatable bonds is 1. The number of nitrogen functional groups attached to an aromatic ring is 1. The molecule has 3 rings (SSSR count). The van der Waals surface area contributed by atoms with Gasteiger partial charge >= 0.3 is 0 Å². The van der Waals surface area contributed by atoms with Crippen LogP contribution in [0.5, 0.6) is 0 Å². The monoisotopic (exact) mass is 205 g/mol. The molecule has 15 heavy (non-hydrogen) atoms. The number of likely N-dealkylation sites (tertiary alicyclic amines) is 1. The zero-order chi connectivity index (χ0) is 10.4. The molecule has 2 bridgehead atoms. The molecule has 1 aromatic rings. The lowest BCUT2D eigenvalue weighted by atomic mass is 10.2. The topological polar surface area (TPSA) is 58.3 Å². The summed E-state index contributed by atoms with van der Waals surface area (Å²) in [6, 6.07) is 1.30. The van der Waals surface area contributed by atoms with Crippen LogP contribution in [0, 0.1) is 0 Å². The molecule has 2 fully saturated rings. The average molecular weight is 205 g/mol. The highest BCUT2D eigenvalue weighted by Crippen LogP contribution is 2.32. The van der Waals surface area contributed by atoms with Crippen molar-refractivity contribution in [3.05, 3.63) is 12.4 Å². The van der Waals surface area contributed by atoms with Crippen LogP contribution < -0.4 is 10.6 Å². The summed E-state index contributed by atoms with van der Waals surface area (Å²) in [5.41, 5.74) is 5.52. The highest BCUT2D eigenvalue weighted by Gasteiger charge is 2.41. The summed E-state index contributed by atoms with van der Waals surface area (Å²) < 4.78 is 0. The molecule has 2 N–H and O–H groups in total. The van der Waals surface area contributed by atoms with Crippen LogP contribution >= 0.6 is 0 Å². The first-order valence-electron chi connectivity index (χ1n) is 5.28. The van der Waals surface area contributed by atoms with E-state index in [0.29, 0.717) is 17.9 Å². The summed E-state index contributed by atoms with van der Waals surface area (Å²) in [7, 11) is 2.19. The number of nitrogens with two attached hydrogens (primary N) is 1. The summed E-state index contributed by atoms with van der Waals surface area (Å²) in [5.74, 6) is 1.45. The van der Waals surface area contributed by atoms with E-state index < -0.39 is 0 Å². The first-order valence-corrected chi connectivity index (χ1v) is 5.28. The van der Waals surface area contributed by atoms with Gasteiger partial charge in [0.2, 0.25) is 0 Å². The van der Waals surface area contributed by atoms with E-state index >= 15 is 0 Å². The van der Waals surface area contributed by atoms with Crippen LogP contribution in [0.25, 0.3) is 0 Å². The second kappa shape index (κ2) is 3.06. The summed E-state index contributed by atoms with van der Waals surface area (Å²) >= 11 is 0. The molecule has 2 aliphatic heterocycles. The zero-order valence-electron chi connectivity index (χ0n) is 8.80. The number of anilines is 2. The smallest absolute Gasteiger partial charge is 0.147 e. The SMILES string of the molecule is CN1CC2CC1CN2c1cnc(N)cn1. The molecular formula is C10H15N5. The molecule has 5 nitrogen and oxygen atoms in total. The minimum absolute atomic E-state index is 0.486. The number of hydrogen-bond acceptors (Lipinski definition) is 5. The van der Waals surface area contributed by atoms with Crippen LogP contribution in [-0.4, -0.2) is 47.1 Å². The van der Waals surface area contributed by atoms with Crippen LogP contribution in [-0.2, 0) is 0 Å². The zero-order valence-corrected chi connectivity index (χ0v) is 8.80. The van der Waals surface area contributed by atoms with E-state index in [1.807, 2.05) is 0 Å². The molecule has 0 saturated carbocycles. The molecule has 0 radical (unpaired) electrons. The minimum Gasteiger partial charge on any atom is -0.382 e. The Morgan fingerprint density at radius 3 is 2.67 bits per heavy atom. The van der Waals surface area contributed by atoms with E-state index in [0.717, 1.165) is 18.9 Å². The Morgan fingerprint density at radius 2 is 2.13 bits per heavy atom. The van der Waals surface area contributed by atoms with E-state index in [2.05, 4.69) is 26.8 Å². The maximum absolute atomic E-state index is 5.52. The molecule has 1 aromatic heterocycles. The summed E-state index contributed by atoms with van der Waals surface area (Å²) in [5, 5.41) is 0. The van der Waals surface area contributed by atoms with E-state index in [1.54, 1.807) is 12.4 Å². The van der Waals surface area contributed by atoms with Gasteiger partial charge in [0.1, 0.15) is 11.6 Å². The number of fused-ring (bicyclic) bond motifs is 2. The summed E-state index contributed by atoms with van der Waals surface area (Å²) in [4.78, 5) is 13.2. The molecule has 2 aliphatic rings. The standard InChI is InChI=1S/C10H15N5/c1-14-5-8-2-7(14)6-15(8)10-4-12-9(11)3-13-10/h3-4,7-8H,2,5-6H2,1H3,(H2,11,12). The Morgan fingerprint density at radius 1 is 1.27 bits per heavy atom. The molecule has 2 saturated heterocycles. The second-order valence-corrected chi connectivity index (χ2v) is 4.43. The molecule has 2 atom stereocenters. The number of likely N-dealkylation sites (N-methyl/N-ethyl adjacent to an activating group) is 1. The lowest BCUT2D eigenvalue weighted by molar-refractivity contribution is 0.292. The lowest BCUT2D eigenvalue weighted by Crippen LogP contribution is -2.44. The minimum atomic E-state index is 0.486. The first kappa shape index (κ1) is 8.91. The van der Waals surface area contributed by atoms with Gasteiger partial charge in [0.15, 0.2) is 0 Å². The van der Waals surface area contributed by atoms with Crippen molar-refractivity contribution in [2.24, 2.45) is 0 Å². The van der Waals surface area contributed by atoms with Gasteiger partial charge in [-0.2, -0.15) is 0 Å². The van der Waals surface area contributed by atoms with E-state index in [9.17, 15) is 0 Å². The van der Waals surface area contributed by atoms with E-state index in [4.69, 9.17) is 5.73 Å². The van der Waals surface area contributed by atoms with Crippen LogP contribution in [0.4, 0.5) is 11.6 Å². The number of aromatic nitrogens is 2. The fourth-order valence-corrected chi connectivity index (χ4v) is 2.63. The normalized spacial score (nSPS) is 30.1. The van der Waals surface area contributed by atoms with Crippen LogP contribution in [0.15, 0.2) is 12.4 Å². The predicted molar refractivity (Wildman–Crippen MR) is 58.6 cm³/mol. The van der Waals surface area contributed by atoms with Crippen LogP contribution in [0.1, 0.15) is 6.42 Å². The van der Waals surface area contributed by atoms with Crippen molar-refractivity contribution in [3.63, 3.8) is 0 Å². The maximum Gasteiger partial charge on any atom is 0.147 e. The quantitative estimate of drug-likeness (QED) is 0.696. The third-order valence-electron chi connectivity index (χ3n) is 3.47. The molecule has 2 unspecified atom stereocenters. The molecule has 3 heterocycles. The Kier molecular flexibility index (Phi) is 1.82. The summed E-state index contributed by atoms with van der Waals surface area (Å²) in [6.07, 6.45) is 4.66. The number of piperazine rings is 1. The van der Waals surface area contributed by atoms with Gasteiger partial charge in [-0.05, 0) is 13.5 Å². The largest absolute Gasteiger partial charge is 0.382 e. The van der Waals surface area contributed by atoms with Crippen LogP contribution in [0.3, 0.4) is 0 Å². The molecule has 80 valence electrons. The fraction of sp³-hybridized carbons (Fsp3) is 0.600. The van der Waals surface area contributed by atoms with Gasteiger partial charge in [-0.1, -0.05) is 0 Å². The third kappa shape index (κ3) is 1.34. The number of nitrogens with zero attached hydrogens (tertiary/aromatic N) is 4. The van der Waals surface area contributed by atoms with E-state index in [1.165, 1.54) is 6.42 Å². The third-order valence-corrected chi connectivity index (χ3v) is 3.47. The van der Waals surface area contributed by atoms with E-state index in [-0.39, 0.29) is 0 Å². The Bertz CT molecular complexity index is 361. The second-order valence-electron chi connectivity index (χ2n) is 4.43. The van der Waals surface area contributed by atoms with Crippen molar-refractivity contribution in [2.45, 2.75) is 18.5 Å². The van der Waals surface area contributed by atoms with Crippen molar-refractivity contribution in [2.75, 3.05) is 30.8 Å². The molecule has 0 amide bonds. The van der Waals surface area contributed by atoms with Gasteiger partial charge < -0.3 is 10.6 Å². The molecular weight excluding hydrogens is 190 g/mol. The van der Waals surface area contributed by atoms with Crippen molar-refractivity contribution < 1.29 is 0 Å². The highest BCUT2D eigenvalue weighted by molar-refractivity contribution is 5.43. The van der Waals surface area contributed by atoms with Gasteiger partial charge in [0, 0.05) is 25.2 Å². The Balaban J connectivity index is 1.83. The summed E-state index contributed by atoms with van der Waals surface area (Å²) in [6.45, 7) is 2.20. The maximum atomic E-state index is 5.52. The molecule has 0 aromatic carbocycles. The Hall–Kier alpha value is -1.36. The van der Waals surface area contributed by atoms with Crippen molar-refractivity contribution in [3.8, 4) is 0 Å². The lowest BCUT2D eigenvalue weighted by Gasteiger charge is -2.32. The van der Waals surface area contributed by atoms with Gasteiger partial charge in [-0.3, -0.25) is 4.90 Å². The molecule has 0 spiro atoms. The van der Waals surface area contributed by atoms with Crippen molar-refractivity contribution >= 4 is 11.6 Å². The predicted octanol–water partition coefficient (Wildman–Crippen LogP) is -0.0485. The van der Waals surface area contributed by atoms with Crippen LogP contribution in [0.2, 0.25) is 0 Å². The number of hydrogen-bond donors (Lipinski definition) is 1. The van der Waals surface area contributed by atoms with Gasteiger partial charge in [0.05, 0.1) is 12.4 Å². The van der Waals surface area contributed by atoms with Crippen molar-refractivity contribution in [1.29, 1.82) is 0 Å². The highest BCUT2D eigenvalue weighted by atomic mass is 15.4. The molecule has 5 heteroatoms. The Labute approximate surface area is 88.9 Å². The average Bonchev–Trinajstić information content (AvgIpc) is 2.77. The van der Waals surface area contributed by atoms with Gasteiger partial charge in [0.25, 0.3) is 0 Å². The molecule has 0 aliphatic carbocycles. The van der Waals surface area contributed by atoms with Gasteiger partial charge in [-0.25, -0.2) is 9.97 Å². The fourth-order valence-electron chi connectivity index (χ4n) is 2.63.